The van der Waals surface area contributed by atoms with Crippen LogP contribution in [0, 0.1) is 11.6 Å². The van der Waals surface area contributed by atoms with Crippen LogP contribution in [0.25, 0.3) is 0 Å². The molecule has 1 fully saturated rings. The summed E-state index contributed by atoms with van der Waals surface area (Å²) in [6, 6.07) is 7.52. The fraction of sp³-hybridized carbons (Fsp3) is 0.188. The van der Waals surface area contributed by atoms with Gasteiger partial charge in [0.05, 0.1) is 12.7 Å². The van der Waals surface area contributed by atoms with E-state index in [-0.39, 0.29) is 6.54 Å². The highest BCUT2D eigenvalue weighted by Gasteiger charge is 2.23. The van der Waals surface area contributed by atoms with Crippen LogP contribution in [-0.2, 0) is 11.3 Å². The van der Waals surface area contributed by atoms with Crippen molar-refractivity contribution in [2.24, 2.45) is 0 Å². The number of aromatic nitrogens is 1. The Morgan fingerprint density at radius 2 is 2.04 bits per heavy atom. The number of hydrogen-bond acceptors (Lipinski definition) is 4. The van der Waals surface area contributed by atoms with Crippen LogP contribution < -0.4 is 10.2 Å². The summed E-state index contributed by atoms with van der Waals surface area (Å²) in [7, 11) is 0. The fourth-order valence-electron chi connectivity index (χ4n) is 2.27. The summed E-state index contributed by atoms with van der Waals surface area (Å²) in [5, 5.41) is 2.50. The van der Waals surface area contributed by atoms with E-state index in [2.05, 4.69) is 10.3 Å². The van der Waals surface area contributed by atoms with Gasteiger partial charge in [-0.15, -0.1) is 0 Å². The molecule has 0 aliphatic carbocycles. The predicted molar refractivity (Wildman–Crippen MR) is 80.5 cm³/mol. The number of benzene rings is 1. The second kappa shape index (κ2) is 6.61. The summed E-state index contributed by atoms with van der Waals surface area (Å²) in [6.45, 7) is 0.985. The molecule has 0 spiro atoms. The first-order valence-corrected chi connectivity index (χ1v) is 7.17. The number of halogens is 2. The molecule has 124 valence electrons. The van der Waals surface area contributed by atoms with Crippen molar-refractivity contribution in [3.63, 3.8) is 0 Å². The van der Waals surface area contributed by atoms with E-state index in [4.69, 9.17) is 4.74 Å². The average Bonchev–Trinajstić information content (AvgIpc) is 2.99. The van der Waals surface area contributed by atoms with Crippen LogP contribution in [0.1, 0.15) is 16.1 Å². The lowest BCUT2D eigenvalue weighted by Crippen LogP contribution is -2.25. The minimum Gasteiger partial charge on any atom is -0.447 e. The van der Waals surface area contributed by atoms with E-state index >= 15 is 0 Å². The van der Waals surface area contributed by atoms with Crippen molar-refractivity contribution in [3.05, 3.63) is 59.4 Å². The number of nitrogens with one attached hydrogen (secondary N) is 1. The molecule has 1 aliphatic rings. The SMILES string of the molecule is O=C(NCc1ccc(N2CCOC2=O)cc1)c1ncc(F)cc1F. The first-order valence-electron chi connectivity index (χ1n) is 7.17. The third-order valence-electron chi connectivity index (χ3n) is 3.48. The molecule has 2 heterocycles. The lowest BCUT2D eigenvalue weighted by atomic mass is 10.2. The van der Waals surface area contributed by atoms with Gasteiger partial charge in [-0.2, -0.15) is 0 Å². The molecule has 0 radical (unpaired) electrons. The van der Waals surface area contributed by atoms with Crippen molar-refractivity contribution in [1.29, 1.82) is 0 Å². The van der Waals surface area contributed by atoms with Gasteiger partial charge in [0.15, 0.2) is 11.5 Å². The normalized spacial score (nSPS) is 13.8. The largest absolute Gasteiger partial charge is 0.447 e. The van der Waals surface area contributed by atoms with Gasteiger partial charge >= 0.3 is 6.09 Å². The number of nitrogens with zero attached hydrogens (tertiary/aromatic N) is 2. The Bertz CT molecular complexity index is 781. The molecular weight excluding hydrogens is 320 g/mol. The summed E-state index contributed by atoms with van der Waals surface area (Å²) in [5.41, 5.74) is 0.980. The molecule has 2 aromatic rings. The van der Waals surface area contributed by atoms with Crippen molar-refractivity contribution >= 4 is 17.7 Å². The molecule has 2 amide bonds. The van der Waals surface area contributed by atoms with Gasteiger partial charge in [0.25, 0.3) is 5.91 Å². The summed E-state index contributed by atoms with van der Waals surface area (Å²) < 4.78 is 31.1. The quantitative estimate of drug-likeness (QED) is 0.931. The van der Waals surface area contributed by atoms with Crippen LogP contribution in [-0.4, -0.2) is 30.1 Å². The van der Waals surface area contributed by atoms with Gasteiger partial charge in [0, 0.05) is 18.3 Å². The number of rotatable bonds is 4. The number of hydrogen-bond donors (Lipinski definition) is 1. The Balaban J connectivity index is 1.62. The molecule has 0 unspecified atom stereocenters. The molecule has 6 nitrogen and oxygen atoms in total. The molecule has 0 atom stereocenters. The first-order chi connectivity index (χ1) is 11.5. The Morgan fingerprint density at radius 1 is 1.29 bits per heavy atom. The zero-order valence-electron chi connectivity index (χ0n) is 12.5. The molecule has 3 rings (SSSR count). The number of carbonyl (C=O) groups is 2. The smallest absolute Gasteiger partial charge is 0.414 e. The number of carbonyl (C=O) groups excluding carboxylic acids is 2. The number of ether oxygens (including phenoxy) is 1. The van der Waals surface area contributed by atoms with Crippen molar-refractivity contribution < 1.29 is 23.1 Å². The van der Waals surface area contributed by atoms with Crippen molar-refractivity contribution in [2.45, 2.75) is 6.54 Å². The molecule has 1 saturated heterocycles. The first kappa shape index (κ1) is 15.9. The highest BCUT2D eigenvalue weighted by molar-refractivity contribution is 5.92. The van der Waals surface area contributed by atoms with Crippen LogP contribution in [0.3, 0.4) is 0 Å². The maximum Gasteiger partial charge on any atom is 0.414 e. The Morgan fingerprint density at radius 3 is 2.67 bits per heavy atom. The highest BCUT2D eigenvalue weighted by atomic mass is 19.1. The van der Waals surface area contributed by atoms with E-state index in [0.29, 0.717) is 24.9 Å². The lowest BCUT2D eigenvalue weighted by molar-refractivity contribution is 0.0941. The fourth-order valence-corrected chi connectivity index (χ4v) is 2.27. The van der Waals surface area contributed by atoms with Gasteiger partial charge in [0.2, 0.25) is 0 Å². The zero-order valence-corrected chi connectivity index (χ0v) is 12.5. The number of pyridine rings is 1. The molecule has 1 N–H and O–H groups in total. The van der Waals surface area contributed by atoms with Crippen molar-refractivity contribution in [1.82, 2.24) is 10.3 Å². The topological polar surface area (TPSA) is 71.5 Å². The maximum atomic E-state index is 13.5. The Labute approximate surface area is 136 Å². The summed E-state index contributed by atoms with van der Waals surface area (Å²) in [4.78, 5) is 28.3. The molecule has 0 bridgehead atoms. The third-order valence-corrected chi connectivity index (χ3v) is 3.48. The monoisotopic (exact) mass is 333 g/mol. The van der Waals surface area contributed by atoms with E-state index < -0.39 is 29.3 Å². The number of cyclic esters (lactones) is 1. The summed E-state index contributed by atoms with van der Waals surface area (Å²) in [6.07, 6.45) is 0.385. The van der Waals surface area contributed by atoms with Crippen molar-refractivity contribution in [3.8, 4) is 0 Å². The highest BCUT2D eigenvalue weighted by Crippen LogP contribution is 2.19. The van der Waals surface area contributed by atoms with Gasteiger partial charge in [-0.25, -0.2) is 18.6 Å². The summed E-state index contributed by atoms with van der Waals surface area (Å²) in [5.74, 6) is -2.60. The van der Waals surface area contributed by atoms with Crippen LogP contribution >= 0.6 is 0 Å². The van der Waals surface area contributed by atoms with Crippen LogP contribution in [0.5, 0.6) is 0 Å². The third kappa shape index (κ3) is 3.32. The second-order valence-electron chi connectivity index (χ2n) is 5.10. The van der Waals surface area contributed by atoms with Gasteiger partial charge in [-0.3, -0.25) is 9.69 Å². The molecule has 1 aromatic heterocycles. The average molecular weight is 333 g/mol. The van der Waals surface area contributed by atoms with E-state index in [1.165, 1.54) is 4.90 Å². The predicted octanol–water partition coefficient (Wildman–Crippen LogP) is 2.25. The lowest BCUT2D eigenvalue weighted by Gasteiger charge is -2.13. The standard InChI is InChI=1S/C16H13F2N3O3/c17-11-7-13(18)14(19-9-11)15(22)20-8-10-1-3-12(4-2-10)21-5-6-24-16(21)23/h1-4,7,9H,5-6,8H2,(H,20,22). The molecule has 24 heavy (non-hydrogen) atoms. The zero-order chi connectivity index (χ0) is 17.1. The van der Waals surface area contributed by atoms with E-state index in [9.17, 15) is 18.4 Å². The minimum absolute atomic E-state index is 0.141. The molecule has 8 heteroatoms. The van der Waals surface area contributed by atoms with Crippen LogP contribution in [0.4, 0.5) is 19.3 Å². The number of anilines is 1. The number of amides is 2. The van der Waals surface area contributed by atoms with Crippen LogP contribution in [0.15, 0.2) is 36.5 Å². The van der Waals surface area contributed by atoms with Gasteiger partial charge in [-0.1, -0.05) is 12.1 Å². The summed E-state index contributed by atoms with van der Waals surface area (Å²) >= 11 is 0. The molecular formula is C16H13F2N3O3. The van der Waals surface area contributed by atoms with Gasteiger partial charge < -0.3 is 10.1 Å². The van der Waals surface area contributed by atoms with Gasteiger partial charge in [-0.05, 0) is 17.7 Å². The van der Waals surface area contributed by atoms with Crippen molar-refractivity contribution in [2.75, 3.05) is 18.1 Å². The molecule has 0 saturated carbocycles. The molecule has 1 aromatic carbocycles. The van der Waals surface area contributed by atoms with Crippen LogP contribution in [0.2, 0.25) is 0 Å². The second-order valence-corrected chi connectivity index (χ2v) is 5.10. The molecule has 1 aliphatic heterocycles. The Hall–Kier alpha value is -3.03. The van der Waals surface area contributed by atoms with Gasteiger partial charge in [0.1, 0.15) is 12.4 Å². The van der Waals surface area contributed by atoms with E-state index in [1.807, 2.05) is 0 Å². The maximum absolute atomic E-state index is 13.5. The minimum atomic E-state index is -1.02. The Kier molecular flexibility index (Phi) is 4.37. The van der Waals surface area contributed by atoms with E-state index in [0.717, 1.165) is 11.8 Å². The van der Waals surface area contributed by atoms with E-state index in [1.54, 1.807) is 24.3 Å².